The van der Waals surface area contributed by atoms with Crippen molar-refractivity contribution in [2.45, 2.75) is 51.1 Å². The molecule has 2 heterocycles. The van der Waals surface area contributed by atoms with Crippen molar-refractivity contribution in [3.8, 4) is 5.75 Å². The Labute approximate surface area is 158 Å². The number of carbonyl (C=O) groups excluding carboxylic acids is 1. The predicted molar refractivity (Wildman–Crippen MR) is 104 cm³/mol. The molecule has 0 spiro atoms. The SMILES string of the molecule is COc1ccc2c(c1)CN(C(=O)Nc1nccs1)[C@@H](C1CCCCC1)C2. The molecule has 1 aliphatic heterocycles. The zero-order valence-electron chi connectivity index (χ0n) is 15.1. The van der Waals surface area contributed by atoms with Crippen molar-refractivity contribution >= 4 is 22.5 Å². The summed E-state index contributed by atoms with van der Waals surface area (Å²) < 4.78 is 5.38. The standard InChI is InChI=1S/C20H25N3O2S/c1-25-17-8-7-15-12-18(14-5-3-2-4-6-14)23(13-16(15)11-17)20(24)22-19-21-9-10-26-19/h7-11,14,18H,2-6,12-13H2,1H3,(H,21,22,24)/t18-/m1/s1. The van der Waals surface area contributed by atoms with E-state index < -0.39 is 0 Å². The number of carbonyl (C=O) groups is 1. The number of hydrogen-bond acceptors (Lipinski definition) is 4. The molecule has 4 rings (SSSR count). The third-order valence-electron chi connectivity index (χ3n) is 5.68. The molecular formula is C20H25N3O2S. The van der Waals surface area contributed by atoms with E-state index in [2.05, 4.69) is 22.4 Å². The van der Waals surface area contributed by atoms with Gasteiger partial charge in [0.1, 0.15) is 5.75 Å². The number of anilines is 1. The van der Waals surface area contributed by atoms with Gasteiger partial charge in [-0.3, -0.25) is 5.32 Å². The Hall–Kier alpha value is -2.08. The molecule has 26 heavy (non-hydrogen) atoms. The van der Waals surface area contributed by atoms with Gasteiger partial charge in [-0.1, -0.05) is 25.3 Å². The summed E-state index contributed by atoms with van der Waals surface area (Å²) in [5, 5.41) is 5.52. The highest BCUT2D eigenvalue weighted by Crippen LogP contribution is 2.36. The van der Waals surface area contributed by atoms with Gasteiger partial charge in [0.2, 0.25) is 0 Å². The second-order valence-electron chi connectivity index (χ2n) is 7.20. The van der Waals surface area contributed by atoms with E-state index in [0.29, 0.717) is 17.6 Å². The van der Waals surface area contributed by atoms with Gasteiger partial charge in [-0.15, -0.1) is 11.3 Å². The first kappa shape index (κ1) is 17.3. The first-order valence-electron chi connectivity index (χ1n) is 9.37. The molecule has 2 amide bonds. The maximum atomic E-state index is 13.0. The third kappa shape index (κ3) is 3.56. The van der Waals surface area contributed by atoms with Gasteiger partial charge in [0, 0.05) is 24.2 Å². The van der Waals surface area contributed by atoms with Crippen LogP contribution < -0.4 is 10.1 Å². The quantitative estimate of drug-likeness (QED) is 0.851. The van der Waals surface area contributed by atoms with Crippen LogP contribution in [0.2, 0.25) is 0 Å². The van der Waals surface area contributed by atoms with Crippen LogP contribution in [0.1, 0.15) is 43.2 Å². The van der Waals surface area contributed by atoms with Gasteiger partial charge in [0.05, 0.1) is 7.11 Å². The van der Waals surface area contributed by atoms with Gasteiger partial charge in [0.15, 0.2) is 5.13 Å². The zero-order chi connectivity index (χ0) is 17.9. The first-order valence-corrected chi connectivity index (χ1v) is 10.3. The fourth-order valence-electron chi connectivity index (χ4n) is 4.32. The van der Waals surface area contributed by atoms with Crippen molar-refractivity contribution in [2.24, 2.45) is 5.92 Å². The van der Waals surface area contributed by atoms with Crippen LogP contribution in [-0.2, 0) is 13.0 Å². The van der Waals surface area contributed by atoms with Gasteiger partial charge in [-0.2, -0.15) is 0 Å². The highest BCUT2D eigenvalue weighted by atomic mass is 32.1. The largest absolute Gasteiger partial charge is 0.497 e. The lowest BCUT2D eigenvalue weighted by molar-refractivity contribution is 0.125. The number of methoxy groups -OCH3 is 1. The number of rotatable bonds is 3. The van der Waals surface area contributed by atoms with E-state index in [-0.39, 0.29) is 12.1 Å². The summed E-state index contributed by atoms with van der Waals surface area (Å²) >= 11 is 1.45. The molecule has 0 unspecified atom stereocenters. The highest BCUT2D eigenvalue weighted by Gasteiger charge is 2.36. The zero-order valence-corrected chi connectivity index (χ0v) is 15.9. The van der Waals surface area contributed by atoms with Gasteiger partial charge in [-0.05, 0) is 48.4 Å². The number of ether oxygens (including phenoxy) is 1. The van der Waals surface area contributed by atoms with E-state index in [1.807, 2.05) is 16.3 Å². The van der Waals surface area contributed by atoms with E-state index in [9.17, 15) is 4.79 Å². The molecule has 1 fully saturated rings. The van der Waals surface area contributed by atoms with Crippen LogP contribution in [0, 0.1) is 5.92 Å². The Morgan fingerprint density at radius 2 is 2.12 bits per heavy atom. The molecule has 0 saturated heterocycles. The summed E-state index contributed by atoms with van der Waals surface area (Å²) in [6.07, 6.45) is 8.96. The minimum Gasteiger partial charge on any atom is -0.497 e. The topological polar surface area (TPSA) is 54.5 Å². The van der Waals surface area contributed by atoms with E-state index in [1.165, 1.54) is 54.6 Å². The molecular weight excluding hydrogens is 346 g/mol. The fourth-order valence-corrected chi connectivity index (χ4v) is 4.84. The number of thiazole rings is 1. The molecule has 1 N–H and O–H groups in total. The lowest BCUT2D eigenvalue weighted by atomic mass is 9.78. The summed E-state index contributed by atoms with van der Waals surface area (Å²) in [5.41, 5.74) is 2.53. The lowest BCUT2D eigenvalue weighted by Crippen LogP contribution is -2.50. The van der Waals surface area contributed by atoms with Crippen molar-refractivity contribution in [1.82, 2.24) is 9.88 Å². The molecule has 0 radical (unpaired) electrons. The number of aromatic nitrogens is 1. The van der Waals surface area contributed by atoms with Crippen LogP contribution in [0.25, 0.3) is 0 Å². The average molecular weight is 372 g/mol. The van der Waals surface area contributed by atoms with Crippen molar-refractivity contribution in [2.75, 3.05) is 12.4 Å². The second-order valence-corrected chi connectivity index (χ2v) is 8.09. The molecule has 1 atom stereocenters. The van der Waals surface area contributed by atoms with Crippen LogP contribution in [0.4, 0.5) is 9.93 Å². The van der Waals surface area contributed by atoms with Crippen molar-refractivity contribution < 1.29 is 9.53 Å². The number of hydrogen-bond donors (Lipinski definition) is 1. The van der Waals surface area contributed by atoms with Gasteiger partial charge < -0.3 is 9.64 Å². The van der Waals surface area contributed by atoms with E-state index in [4.69, 9.17) is 4.74 Å². The van der Waals surface area contributed by atoms with Crippen LogP contribution in [0.15, 0.2) is 29.8 Å². The molecule has 1 aromatic carbocycles. The molecule has 2 aromatic rings. The molecule has 138 valence electrons. The number of urea groups is 1. The summed E-state index contributed by atoms with van der Waals surface area (Å²) in [6, 6.07) is 6.48. The summed E-state index contributed by atoms with van der Waals surface area (Å²) in [6.45, 7) is 0.630. The average Bonchev–Trinajstić information content (AvgIpc) is 3.20. The highest BCUT2D eigenvalue weighted by molar-refractivity contribution is 7.13. The minimum atomic E-state index is -0.0380. The van der Waals surface area contributed by atoms with Gasteiger partial charge in [0.25, 0.3) is 0 Å². The van der Waals surface area contributed by atoms with Crippen LogP contribution in [0.5, 0.6) is 5.75 Å². The number of nitrogens with one attached hydrogen (secondary N) is 1. The maximum Gasteiger partial charge on any atom is 0.324 e. The molecule has 0 bridgehead atoms. The molecule has 1 aliphatic carbocycles. The molecule has 5 nitrogen and oxygen atoms in total. The number of fused-ring (bicyclic) bond motifs is 1. The van der Waals surface area contributed by atoms with Gasteiger partial charge in [-0.25, -0.2) is 9.78 Å². The van der Waals surface area contributed by atoms with E-state index in [1.54, 1.807) is 13.3 Å². The molecule has 2 aliphatic rings. The van der Waals surface area contributed by atoms with Crippen molar-refractivity contribution in [3.05, 3.63) is 40.9 Å². The molecule has 1 aromatic heterocycles. The first-order chi connectivity index (χ1) is 12.7. The summed E-state index contributed by atoms with van der Waals surface area (Å²) in [4.78, 5) is 19.3. The fraction of sp³-hybridized carbons (Fsp3) is 0.500. The minimum absolute atomic E-state index is 0.0380. The number of benzene rings is 1. The van der Waals surface area contributed by atoms with Gasteiger partial charge >= 0.3 is 6.03 Å². The molecule has 1 saturated carbocycles. The second kappa shape index (κ2) is 7.66. The molecule has 6 heteroatoms. The van der Waals surface area contributed by atoms with Crippen LogP contribution in [-0.4, -0.2) is 29.1 Å². The van der Waals surface area contributed by atoms with Crippen LogP contribution in [0.3, 0.4) is 0 Å². The summed E-state index contributed by atoms with van der Waals surface area (Å²) in [5.74, 6) is 1.43. The Morgan fingerprint density at radius 3 is 2.85 bits per heavy atom. The smallest absolute Gasteiger partial charge is 0.324 e. The van der Waals surface area contributed by atoms with Crippen LogP contribution >= 0.6 is 11.3 Å². The van der Waals surface area contributed by atoms with Crippen molar-refractivity contribution in [1.29, 1.82) is 0 Å². The number of amides is 2. The Morgan fingerprint density at radius 1 is 1.27 bits per heavy atom. The Kier molecular flexibility index (Phi) is 5.11. The normalized spacial score (nSPS) is 20.5. The Bertz CT molecular complexity index is 756. The van der Waals surface area contributed by atoms with E-state index >= 15 is 0 Å². The predicted octanol–water partition coefficient (Wildman–Crippen LogP) is 4.69. The monoisotopic (exact) mass is 371 g/mol. The Balaban J connectivity index is 1.61. The lowest BCUT2D eigenvalue weighted by Gasteiger charge is -2.42. The summed E-state index contributed by atoms with van der Waals surface area (Å²) in [7, 11) is 1.68. The number of nitrogens with zero attached hydrogens (tertiary/aromatic N) is 2. The maximum absolute atomic E-state index is 13.0. The third-order valence-corrected chi connectivity index (χ3v) is 6.37. The van der Waals surface area contributed by atoms with Crippen molar-refractivity contribution in [3.63, 3.8) is 0 Å². The van der Waals surface area contributed by atoms with E-state index in [0.717, 1.165) is 12.2 Å².